The van der Waals surface area contributed by atoms with Crippen LogP contribution in [-0.4, -0.2) is 15.5 Å². The smallest absolute Gasteiger partial charge is 0.330 e. The largest absolute Gasteiger partial charge is 0.489 e. The number of aromatic nitrogens is 2. The predicted molar refractivity (Wildman–Crippen MR) is 135 cm³/mol. The average molecular weight is 467 g/mol. The lowest BCUT2D eigenvalue weighted by atomic mass is 10.1. The molecule has 1 amide bonds. The van der Waals surface area contributed by atoms with Crippen molar-refractivity contribution in [1.82, 2.24) is 9.55 Å². The summed E-state index contributed by atoms with van der Waals surface area (Å²) in [6.45, 7) is 6.00. The van der Waals surface area contributed by atoms with Gasteiger partial charge in [-0.05, 0) is 68.3 Å². The zero-order valence-corrected chi connectivity index (χ0v) is 19.9. The minimum Gasteiger partial charge on any atom is -0.489 e. The summed E-state index contributed by atoms with van der Waals surface area (Å²) >= 11 is 0. The first kappa shape index (κ1) is 23.6. The first-order valence-electron chi connectivity index (χ1n) is 11.2. The summed E-state index contributed by atoms with van der Waals surface area (Å²) in [5, 5.41) is 12.2. The summed E-state index contributed by atoms with van der Waals surface area (Å²) in [4.78, 5) is 28.0. The lowest BCUT2D eigenvalue weighted by molar-refractivity contribution is -0.115. The van der Waals surface area contributed by atoms with Crippen LogP contribution in [0.25, 0.3) is 5.69 Å². The number of anilines is 1. The number of benzene rings is 3. The van der Waals surface area contributed by atoms with E-state index in [2.05, 4.69) is 16.4 Å². The van der Waals surface area contributed by atoms with Gasteiger partial charge in [0.25, 0.3) is 0 Å². The third-order valence-corrected chi connectivity index (χ3v) is 5.87. The van der Waals surface area contributed by atoms with Crippen LogP contribution in [0.4, 0.5) is 5.69 Å². The number of hydrogen-bond donors (Lipinski definition) is 2. The zero-order chi connectivity index (χ0) is 24.9. The topological polar surface area (TPSA) is 99.9 Å². The molecule has 7 heteroatoms. The second kappa shape index (κ2) is 10.1. The maximum absolute atomic E-state index is 12.9. The molecule has 0 saturated carbocycles. The Balaban J connectivity index is 1.50. The molecule has 0 aliphatic heterocycles. The minimum atomic E-state index is -0.234. The first-order chi connectivity index (χ1) is 16.9. The second-order valence-corrected chi connectivity index (χ2v) is 8.41. The van der Waals surface area contributed by atoms with E-state index < -0.39 is 0 Å². The second-order valence-electron chi connectivity index (χ2n) is 8.41. The molecule has 3 aromatic carbocycles. The van der Waals surface area contributed by atoms with Crippen molar-refractivity contribution in [3.63, 3.8) is 0 Å². The molecule has 1 heterocycles. The highest BCUT2D eigenvalue weighted by atomic mass is 16.5. The van der Waals surface area contributed by atoms with Crippen molar-refractivity contribution in [2.45, 2.75) is 33.8 Å². The Hall–Kier alpha value is -4.57. The van der Waals surface area contributed by atoms with Gasteiger partial charge in [0.15, 0.2) is 0 Å². The van der Waals surface area contributed by atoms with E-state index in [9.17, 15) is 14.9 Å². The van der Waals surface area contributed by atoms with E-state index in [0.717, 1.165) is 28.2 Å². The van der Waals surface area contributed by atoms with Crippen molar-refractivity contribution in [2.75, 3.05) is 5.32 Å². The Bertz CT molecular complexity index is 1480. The number of amides is 1. The van der Waals surface area contributed by atoms with E-state index >= 15 is 0 Å². The zero-order valence-electron chi connectivity index (χ0n) is 19.9. The van der Waals surface area contributed by atoms with Gasteiger partial charge < -0.3 is 15.0 Å². The van der Waals surface area contributed by atoms with Gasteiger partial charge in [0.2, 0.25) is 5.91 Å². The molecule has 4 aromatic rings. The molecule has 2 N–H and O–H groups in total. The molecule has 1 aromatic heterocycles. The van der Waals surface area contributed by atoms with E-state index in [1.54, 1.807) is 28.8 Å². The number of imidazole rings is 1. The molecule has 0 aliphatic carbocycles. The van der Waals surface area contributed by atoms with Gasteiger partial charge in [-0.3, -0.25) is 9.36 Å². The molecule has 0 unspecified atom stereocenters. The number of rotatable bonds is 7. The van der Waals surface area contributed by atoms with Crippen molar-refractivity contribution in [3.05, 3.63) is 111 Å². The number of carbonyl (C=O) groups is 1. The Morgan fingerprint density at radius 1 is 1.06 bits per heavy atom. The van der Waals surface area contributed by atoms with Crippen LogP contribution in [0.2, 0.25) is 0 Å². The van der Waals surface area contributed by atoms with Gasteiger partial charge >= 0.3 is 5.69 Å². The van der Waals surface area contributed by atoms with Crippen LogP contribution in [0.3, 0.4) is 0 Å². The van der Waals surface area contributed by atoms with Crippen LogP contribution >= 0.6 is 0 Å². The van der Waals surface area contributed by atoms with Gasteiger partial charge in [0.1, 0.15) is 12.4 Å². The SMILES string of the molecule is Cc1cc(NC(=O)Cc2cc(C#N)ccc2OCc2ccccc2)ccc1-n1c(C)c(C)[nH]c1=O. The first-order valence-corrected chi connectivity index (χ1v) is 11.2. The standard InChI is InChI=1S/C28H26N4O3/c1-18-13-24(10-11-25(18)32-20(3)19(2)30-28(32)34)31-27(33)15-23-14-22(16-29)9-12-26(23)35-17-21-7-5-4-6-8-21/h4-14H,15,17H2,1-3H3,(H,30,34)(H,31,33). The fourth-order valence-electron chi connectivity index (χ4n) is 3.94. The molecule has 35 heavy (non-hydrogen) atoms. The molecule has 0 fully saturated rings. The van der Waals surface area contributed by atoms with Crippen molar-refractivity contribution in [2.24, 2.45) is 0 Å². The van der Waals surface area contributed by atoms with Crippen LogP contribution in [0.5, 0.6) is 5.75 Å². The lowest BCUT2D eigenvalue weighted by Gasteiger charge is -2.14. The van der Waals surface area contributed by atoms with Crippen molar-refractivity contribution < 1.29 is 9.53 Å². The molecule has 7 nitrogen and oxygen atoms in total. The molecule has 0 radical (unpaired) electrons. The number of nitrogens with one attached hydrogen (secondary N) is 2. The molecular weight excluding hydrogens is 440 g/mol. The maximum Gasteiger partial charge on any atom is 0.330 e. The van der Waals surface area contributed by atoms with Crippen molar-refractivity contribution in [3.8, 4) is 17.5 Å². The number of nitrogens with zero attached hydrogens (tertiary/aromatic N) is 2. The van der Waals surface area contributed by atoms with Crippen LogP contribution in [0.1, 0.15) is 33.6 Å². The van der Waals surface area contributed by atoms with Gasteiger partial charge in [-0.2, -0.15) is 5.26 Å². The third-order valence-electron chi connectivity index (χ3n) is 5.87. The number of carbonyl (C=O) groups excluding carboxylic acids is 1. The van der Waals surface area contributed by atoms with E-state index in [1.165, 1.54) is 0 Å². The molecule has 176 valence electrons. The van der Waals surface area contributed by atoms with E-state index in [0.29, 0.717) is 29.2 Å². The van der Waals surface area contributed by atoms with Gasteiger partial charge in [-0.1, -0.05) is 30.3 Å². The van der Waals surface area contributed by atoms with Crippen LogP contribution in [0.15, 0.2) is 71.5 Å². The van der Waals surface area contributed by atoms with Gasteiger partial charge in [-0.25, -0.2) is 4.79 Å². The number of aryl methyl sites for hydroxylation is 2. The van der Waals surface area contributed by atoms with Crippen LogP contribution in [0, 0.1) is 32.1 Å². The normalized spacial score (nSPS) is 10.6. The summed E-state index contributed by atoms with van der Waals surface area (Å²) < 4.78 is 7.58. The Morgan fingerprint density at radius 2 is 1.83 bits per heavy atom. The van der Waals surface area contributed by atoms with E-state index in [4.69, 9.17) is 4.74 Å². The number of nitriles is 1. The monoisotopic (exact) mass is 466 g/mol. The molecule has 0 aliphatic rings. The average Bonchev–Trinajstić information content (AvgIpc) is 3.10. The van der Waals surface area contributed by atoms with Crippen LogP contribution in [-0.2, 0) is 17.8 Å². The molecular formula is C28H26N4O3. The van der Waals surface area contributed by atoms with Crippen LogP contribution < -0.4 is 15.7 Å². The Morgan fingerprint density at radius 3 is 2.49 bits per heavy atom. The highest BCUT2D eigenvalue weighted by Gasteiger charge is 2.14. The number of aromatic amines is 1. The van der Waals surface area contributed by atoms with Gasteiger partial charge in [0, 0.05) is 22.6 Å². The highest BCUT2D eigenvalue weighted by molar-refractivity contribution is 5.93. The van der Waals surface area contributed by atoms with Crippen molar-refractivity contribution in [1.29, 1.82) is 5.26 Å². The summed E-state index contributed by atoms with van der Waals surface area (Å²) in [7, 11) is 0. The summed E-state index contributed by atoms with van der Waals surface area (Å²) in [5.74, 6) is 0.329. The molecule has 0 bridgehead atoms. The summed E-state index contributed by atoms with van der Waals surface area (Å²) in [6.07, 6.45) is 0.0516. The lowest BCUT2D eigenvalue weighted by Crippen LogP contribution is -2.18. The predicted octanol–water partition coefficient (Wildman–Crippen LogP) is 4.72. The van der Waals surface area contributed by atoms with Gasteiger partial charge in [-0.15, -0.1) is 0 Å². The Kier molecular flexibility index (Phi) is 6.83. The Labute approximate surface area is 203 Å². The molecule has 0 saturated heterocycles. The van der Waals surface area contributed by atoms with E-state index in [-0.39, 0.29) is 18.0 Å². The highest BCUT2D eigenvalue weighted by Crippen LogP contribution is 2.24. The number of ether oxygens (including phenoxy) is 1. The minimum absolute atomic E-state index is 0.0516. The summed E-state index contributed by atoms with van der Waals surface area (Å²) in [5.41, 5.74) is 5.80. The van der Waals surface area contributed by atoms with E-state index in [1.807, 2.05) is 63.2 Å². The number of H-pyrrole nitrogens is 1. The summed E-state index contributed by atoms with van der Waals surface area (Å²) in [6, 6.07) is 22.4. The maximum atomic E-state index is 12.9. The molecule has 0 spiro atoms. The van der Waals surface area contributed by atoms with Crippen molar-refractivity contribution >= 4 is 11.6 Å². The fraction of sp³-hybridized carbons (Fsp3) is 0.179. The number of hydrogen-bond acceptors (Lipinski definition) is 4. The molecule has 0 atom stereocenters. The fourth-order valence-corrected chi connectivity index (χ4v) is 3.94. The molecule has 4 rings (SSSR count). The quantitative estimate of drug-likeness (QED) is 0.411. The third kappa shape index (κ3) is 5.33. The van der Waals surface area contributed by atoms with Gasteiger partial charge in [0.05, 0.1) is 23.7 Å².